The van der Waals surface area contributed by atoms with Crippen molar-refractivity contribution in [2.24, 2.45) is 0 Å². The molecule has 61 heavy (non-hydrogen) atoms. The van der Waals surface area contributed by atoms with Crippen LogP contribution in [0.15, 0.2) is 24.3 Å². The molecule has 6 atom stereocenters. The summed E-state index contributed by atoms with van der Waals surface area (Å²) in [4.78, 5) is 50.5. The molecule has 12 nitrogen and oxygen atoms in total. The zero-order valence-corrected chi connectivity index (χ0v) is 38.4. The van der Waals surface area contributed by atoms with Crippen LogP contribution in [0, 0.1) is 0 Å². The van der Waals surface area contributed by atoms with Gasteiger partial charge in [0.05, 0.1) is 6.61 Å². The van der Waals surface area contributed by atoms with Gasteiger partial charge < -0.3 is 39.0 Å². The van der Waals surface area contributed by atoms with Crippen molar-refractivity contribution in [3.63, 3.8) is 0 Å². The number of aliphatic carboxylic acids is 1. The van der Waals surface area contributed by atoms with Crippen molar-refractivity contribution < 1.29 is 58.2 Å². The van der Waals surface area contributed by atoms with Gasteiger partial charge in [-0.25, -0.2) is 4.79 Å². The molecule has 1 saturated heterocycles. The Hall–Kier alpha value is -2.80. The van der Waals surface area contributed by atoms with Gasteiger partial charge in [0.1, 0.15) is 18.8 Å². The van der Waals surface area contributed by atoms with Gasteiger partial charge in [-0.3, -0.25) is 14.4 Å². The first kappa shape index (κ1) is 56.2. The van der Waals surface area contributed by atoms with E-state index in [4.69, 9.17) is 23.7 Å². The fourth-order valence-corrected chi connectivity index (χ4v) is 7.15. The summed E-state index contributed by atoms with van der Waals surface area (Å²) in [5, 5.41) is 31.2. The molecule has 3 N–H and O–H groups in total. The van der Waals surface area contributed by atoms with Gasteiger partial charge >= 0.3 is 23.9 Å². The highest BCUT2D eigenvalue weighted by Crippen LogP contribution is 2.26. The van der Waals surface area contributed by atoms with Crippen LogP contribution in [0.4, 0.5) is 0 Å². The Morgan fingerprint density at radius 1 is 0.525 bits per heavy atom. The molecule has 1 aliphatic heterocycles. The van der Waals surface area contributed by atoms with Crippen molar-refractivity contribution in [2.45, 2.75) is 250 Å². The summed E-state index contributed by atoms with van der Waals surface area (Å²) in [5.41, 5.74) is 0. The molecule has 1 aliphatic rings. The van der Waals surface area contributed by atoms with Gasteiger partial charge in [-0.15, -0.1) is 0 Å². The summed E-state index contributed by atoms with van der Waals surface area (Å²) < 4.78 is 28.1. The lowest BCUT2D eigenvalue weighted by Crippen LogP contribution is -2.61. The minimum atomic E-state index is -1.90. The van der Waals surface area contributed by atoms with Crippen LogP contribution in [0.25, 0.3) is 0 Å². The number of unbranched alkanes of at least 4 members (excludes halogenated alkanes) is 22. The summed E-state index contributed by atoms with van der Waals surface area (Å²) in [5.74, 6) is -3.14. The summed E-state index contributed by atoms with van der Waals surface area (Å²) >= 11 is 0. The molecule has 1 rings (SSSR count). The number of carboxylic acid groups (broad SMARTS) is 1. The highest BCUT2D eigenvalue weighted by molar-refractivity contribution is 5.74. The molecule has 0 amide bonds. The van der Waals surface area contributed by atoms with Crippen LogP contribution in [-0.4, -0.2) is 89.2 Å². The maximum atomic E-state index is 13.0. The molecule has 354 valence electrons. The number of hydrogen-bond acceptors (Lipinski definition) is 11. The van der Waals surface area contributed by atoms with E-state index in [1.165, 1.54) is 57.8 Å². The summed E-state index contributed by atoms with van der Waals surface area (Å²) in [6.07, 6.45) is 27.7. The van der Waals surface area contributed by atoms with E-state index in [1.54, 1.807) is 0 Å². The van der Waals surface area contributed by atoms with Crippen molar-refractivity contribution in [3.05, 3.63) is 24.3 Å². The standard InChI is InChI=1S/C49H86O12/c1-4-7-10-13-16-19-21-24-26-29-32-35-41(50)57-38-40(59-42(51)36-33-30-27-23-18-15-12-9-6-3)39-58-49-47(45(54)44(53)46(61-49)48(55)56)60-43(52)37-34-31-28-25-22-20-17-14-11-8-5-2/h13-14,16-17,40,44-47,49,53-54H,4-12,15,18-39H2,1-3H3,(H,55,56)/b16-13-,17-14-. The first-order chi connectivity index (χ1) is 29.6. The van der Waals surface area contributed by atoms with E-state index >= 15 is 0 Å². The van der Waals surface area contributed by atoms with Gasteiger partial charge in [0, 0.05) is 19.3 Å². The van der Waals surface area contributed by atoms with Crippen LogP contribution >= 0.6 is 0 Å². The number of rotatable bonds is 40. The molecule has 12 heteroatoms. The van der Waals surface area contributed by atoms with E-state index in [9.17, 15) is 34.5 Å². The number of hydrogen-bond donors (Lipinski definition) is 3. The minimum Gasteiger partial charge on any atom is -0.479 e. The van der Waals surface area contributed by atoms with Gasteiger partial charge in [0.25, 0.3) is 0 Å². The Morgan fingerprint density at radius 3 is 1.44 bits per heavy atom. The maximum Gasteiger partial charge on any atom is 0.335 e. The molecular formula is C49H86O12. The third kappa shape index (κ3) is 30.0. The third-order valence-electron chi connectivity index (χ3n) is 11.0. The largest absolute Gasteiger partial charge is 0.479 e. The Bertz CT molecular complexity index is 1170. The zero-order chi connectivity index (χ0) is 44.8. The lowest BCUT2D eigenvalue weighted by atomic mass is 9.98. The van der Waals surface area contributed by atoms with Crippen molar-refractivity contribution in [3.8, 4) is 0 Å². The average Bonchev–Trinajstić information content (AvgIpc) is 3.24. The number of carbonyl (C=O) groups is 4. The molecule has 0 spiro atoms. The molecule has 0 radical (unpaired) electrons. The first-order valence-electron chi connectivity index (χ1n) is 24.3. The number of carboxylic acids is 1. The van der Waals surface area contributed by atoms with Gasteiger partial charge in [0.2, 0.25) is 0 Å². The van der Waals surface area contributed by atoms with E-state index in [1.807, 2.05) is 0 Å². The van der Waals surface area contributed by atoms with Crippen LogP contribution in [0.3, 0.4) is 0 Å². The lowest BCUT2D eigenvalue weighted by molar-refractivity contribution is -0.301. The number of aliphatic hydroxyl groups excluding tert-OH is 2. The maximum absolute atomic E-state index is 13.0. The topological polar surface area (TPSA) is 175 Å². The number of allylic oxidation sites excluding steroid dienone is 4. The Balaban J connectivity index is 2.76. The molecule has 0 saturated carbocycles. The van der Waals surface area contributed by atoms with Crippen LogP contribution < -0.4 is 0 Å². The highest BCUT2D eigenvalue weighted by Gasteiger charge is 2.50. The van der Waals surface area contributed by atoms with Crippen LogP contribution in [0.5, 0.6) is 0 Å². The van der Waals surface area contributed by atoms with Gasteiger partial charge in [-0.05, 0) is 57.8 Å². The fourth-order valence-electron chi connectivity index (χ4n) is 7.15. The second-order valence-corrected chi connectivity index (χ2v) is 16.7. The predicted molar refractivity (Wildman–Crippen MR) is 239 cm³/mol. The molecule has 1 fully saturated rings. The van der Waals surface area contributed by atoms with E-state index in [2.05, 4.69) is 45.1 Å². The number of carbonyl (C=O) groups excluding carboxylic acids is 3. The number of ether oxygens (including phenoxy) is 5. The highest BCUT2D eigenvalue weighted by atomic mass is 16.7. The molecule has 0 bridgehead atoms. The number of esters is 3. The van der Waals surface area contributed by atoms with Crippen molar-refractivity contribution in [1.82, 2.24) is 0 Å². The minimum absolute atomic E-state index is 0.0524. The summed E-state index contributed by atoms with van der Waals surface area (Å²) in [7, 11) is 0. The SMILES string of the molecule is CCCC/C=C\CCCCCCCC(=O)OCC(COC1OC(C(=O)O)C(O)C(O)C1OC(=O)CCCCCCC/C=C\CCCC)OC(=O)CCCCCCCCCCC. The molecule has 1 heterocycles. The normalized spacial score (nSPS) is 19.7. The molecule has 0 aromatic rings. The zero-order valence-electron chi connectivity index (χ0n) is 38.4. The van der Waals surface area contributed by atoms with Crippen LogP contribution in [0.1, 0.15) is 213 Å². The predicted octanol–water partition coefficient (Wildman–Crippen LogP) is 10.8. The van der Waals surface area contributed by atoms with Crippen molar-refractivity contribution in [1.29, 1.82) is 0 Å². The summed E-state index contributed by atoms with van der Waals surface area (Å²) in [6, 6.07) is 0. The Morgan fingerprint density at radius 2 is 0.951 bits per heavy atom. The van der Waals surface area contributed by atoms with E-state index < -0.39 is 67.3 Å². The third-order valence-corrected chi connectivity index (χ3v) is 11.0. The second kappa shape index (κ2) is 38.8. The van der Waals surface area contributed by atoms with Crippen LogP contribution in [0.2, 0.25) is 0 Å². The second-order valence-electron chi connectivity index (χ2n) is 16.7. The van der Waals surface area contributed by atoms with Crippen molar-refractivity contribution >= 4 is 23.9 Å². The van der Waals surface area contributed by atoms with Crippen molar-refractivity contribution in [2.75, 3.05) is 13.2 Å². The van der Waals surface area contributed by atoms with E-state index in [0.29, 0.717) is 19.3 Å². The molecular weight excluding hydrogens is 781 g/mol. The quantitative estimate of drug-likeness (QED) is 0.0230. The Kier molecular flexibility index (Phi) is 35.8. The van der Waals surface area contributed by atoms with E-state index in [0.717, 1.165) is 96.3 Å². The smallest absolute Gasteiger partial charge is 0.335 e. The monoisotopic (exact) mass is 867 g/mol. The van der Waals surface area contributed by atoms with Gasteiger partial charge in [0.15, 0.2) is 24.6 Å². The molecule has 0 aliphatic carbocycles. The Labute approximate surface area is 368 Å². The van der Waals surface area contributed by atoms with Gasteiger partial charge in [-0.2, -0.15) is 0 Å². The fraction of sp³-hybridized carbons (Fsp3) is 0.837. The summed E-state index contributed by atoms with van der Waals surface area (Å²) in [6.45, 7) is 5.83. The molecule has 0 aromatic carbocycles. The van der Waals surface area contributed by atoms with Gasteiger partial charge in [-0.1, -0.05) is 161 Å². The first-order valence-corrected chi connectivity index (χ1v) is 24.3. The average molecular weight is 867 g/mol. The molecule has 0 aromatic heterocycles. The number of aliphatic hydroxyl groups is 2. The molecule has 6 unspecified atom stereocenters. The lowest BCUT2D eigenvalue weighted by Gasteiger charge is -2.40. The van der Waals surface area contributed by atoms with E-state index in [-0.39, 0.29) is 25.9 Å². The van der Waals surface area contributed by atoms with Crippen LogP contribution in [-0.2, 0) is 42.9 Å².